The second-order valence-electron chi connectivity index (χ2n) is 7.81. The fourth-order valence-electron chi connectivity index (χ4n) is 3.98. The van der Waals surface area contributed by atoms with Crippen LogP contribution in [0.15, 0.2) is 49.1 Å². The zero-order valence-corrected chi connectivity index (χ0v) is 17.1. The number of rotatable bonds is 7. The van der Waals surface area contributed by atoms with E-state index in [1.165, 1.54) is 25.1 Å². The third-order valence-corrected chi connectivity index (χ3v) is 5.68. The maximum absolute atomic E-state index is 14.5. The molecule has 0 spiro atoms. The Morgan fingerprint density at radius 2 is 1.83 bits per heavy atom. The smallest absolute Gasteiger partial charge is 0.200 e. The fraction of sp³-hybridized carbons (Fsp3) is 0.360. The van der Waals surface area contributed by atoms with Gasteiger partial charge in [-0.1, -0.05) is 43.0 Å². The third kappa shape index (κ3) is 5.14. The van der Waals surface area contributed by atoms with Crippen LogP contribution >= 0.6 is 0 Å². The highest BCUT2D eigenvalue weighted by atomic mass is 19.2. The predicted molar refractivity (Wildman–Crippen MR) is 113 cm³/mol. The minimum atomic E-state index is -0.945. The number of benzene rings is 2. The summed E-state index contributed by atoms with van der Waals surface area (Å²) in [6, 6.07) is 7.88. The van der Waals surface area contributed by atoms with Crippen molar-refractivity contribution in [3.8, 4) is 5.75 Å². The second kappa shape index (κ2) is 9.98. The zero-order chi connectivity index (χ0) is 21.7. The minimum Gasteiger partial charge on any atom is -0.486 e. The van der Waals surface area contributed by atoms with Crippen molar-refractivity contribution < 1.29 is 23.0 Å². The van der Waals surface area contributed by atoms with Crippen molar-refractivity contribution in [2.45, 2.75) is 44.6 Å². The summed E-state index contributed by atoms with van der Waals surface area (Å²) in [4.78, 5) is 0. The number of ether oxygens (including phenoxy) is 1. The van der Waals surface area contributed by atoms with Gasteiger partial charge in [0.2, 0.25) is 5.82 Å². The standard InChI is InChI=1S/C25H27F3O2/c1-3-14-30-23-13-12-21(24(27)25(23)28)19-9-6-17(7-10-19)4-5-18-8-11-20(16(2)29)22(26)15-18/h3-5,8,11-13,15-17,19,29H,1,6-7,9-10,14H2,2H3/b5-4+. The van der Waals surface area contributed by atoms with Crippen LogP contribution in [0.1, 0.15) is 61.3 Å². The molecule has 1 atom stereocenters. The molecule has 5 heteroatoms. The molecule has 2 aromatic rings. The first-order valence-corrected chi connectivity index (χ1v) is 10.3. The van der Waals surface area contributed by atoms with Crippen LogP contribution in [-0.4, -0.2) is 11.7 Å². The van der Waals surface area contributed by atoms with E-state index in [1.807, 2.05) is 6.08 Å². The lowest BCUT2D eigenvalue weighted by Crippen LogP contribution is -2.14. The summed E-state index contributed by atoms with van der Waals surface area (Å²) < 4.78 is 47.9. The van der Waals surface area contributed by atoms with E-state index >= 15 is 0 Å². The summed E-state index contributed by atoms with van der Waals surface area (Å²) in [5.74, 6) is -2.01. The van der Waals surface area contributed by atoms with E-state index in [0.29, 0.717) is 11.5 Å². The van der Waals surface area contributed by atoms with Crippen LogP contribution in [0.4, 0.5) is 13.2 Å². The molecule has 1 aliphatic carbocycles. The number of aliphatic hydroxyl groups is 1. The van der Waals surface area contributed by atoms with E-state index < -0.39 is 23.6 Å². The van der Waals surface area contributed by atoms with Crippen molar-refractivity contribution in [3.63, 3.8) is 0 Å². The number of hydrogen-bond donors (Lipinski definition) is 1. The van der Waals surface area contributed by atoms with Crippen LogP contribution in [0.2, 0.25) is 0 Å². The van der Waals surface area contributed by atoms with E-state index in [4.69, 9.17) is 4.74 Å². The second-order valence-corrected chi connectivity index (χ2v) is 7.81. The van der Waals surface area contributed by atoms with Gasteiger partial charge >= 0.3 is 0 Å². The highest BCUT2D eigenvalue weighted by molar-refractivity contribution is 5.50. The molecule has 3 rings (SSSR count). The Morgan fingerprint density at radius 3 is 2.47 bits per heavy atom. The molecule has 1 N–H and O–H groups in total. The van der Waals surface area contributed by atoms with Gasteiger partial charge in [-0.25, -0.2) is 8.78 Å². The maximum atomic E-state index is 14.5. The van der Waals surface area contributed by atoms with Crippen molar-refractivity contribution >= 4 is 6.08 Å². The monoisotopic (exact) mass is 416 g/mol. The summed E-state index contributed by atoms with van der Waals surface area (Å²) in [6.45, 7) is 5.15. The molecular weight excluding hydrogens is 389 g/mol. The summed E-state index contributed by atoms with van der Waals surface area (Å²) >= 11 is 0. The lowest BCUT2D eigenvalue weighted by molar-refractivity contribution is 0.194. The summed E-state index contributed by atoms with van der Waals surface area (Å²) in [6.07, 6.45) is 7.79. The molecule has 0 saturated heterocycles. The van der Waals surface area contributed by atoms with Gasteiger partial charge in [0.05, 0.1) is 6.10 Å². The normalized spacial score (nSPS) is 20.3. The Bertz CT molecular complexity index is 913. The van der Waals surface area contributed by atoms with Gasteiger partial charge in [-0.2, -0.15) is 4.39 Å². The molecule has 0 bridgehead atoms. The van der Waals surface area contributed by atoms with Gasteiger partial charge in [0.25, 0.3) is 0 Å². The first-order valence-electron chi connectivity index (χ1n) is 10.3. The van der Waals surface area contributed by atoms with Gasteiger partial charge in [0.1, 0.15) is 12.4 Å². The molecule has 1 aliphatic rings. The maximum Gasteiger partial charge on any atom is 0.200 e. The first kappa shape index (κ1) is 22.2. The van der Waals surface area contributed by atoms with Gasteiger partial charge in [-0.05, 0) is 67.7 Å². The average molecular weight is 416 g/mol. The summed E-state index contributed by atoms with van der Waals surface area (Å²) in [5, 5.41) is 9.52. The molecule has 1 unspecified atom stereocenters. The zero-order valence-electron chi connectivity index (χ0n) is 17.1. The first-order chi connectivity index (χ1) is 14.4. The number of halogens is 3. The van der Waals surface area contributed by atoms with Crippen LogP contribution in [0.5, 0.6) is 5.75 Å². The molecule has 0 heterocycles. The molecule has 0 radical (unpaired) electrons. The number of hydrogen-bond acceptors (Lipinski definition) is 2. The van der Waals surface area contributed by atoms with E-state index in [-0.39, 0.29) is 23.8 Å². The fourth-order valence-corrected chi connectivity index (χ4v) is 3.98. The Morgan fingerprint density at radius 1 is 1.10 bits per heavy atom. The number of allylic oxidation sites excluding steroid dienone is 1. The molecule has 0 aromatic heterocycles. The molecular formula is C25H27F3O2. The highest BCUT2D eigenvalue weighted by Gasteiger charge is 2.25. The molecule has 30 heavy (non-hydrogen) atoms. The largest absolute Gasteiger partial charge is 0.486 e. The summed E-state index contributed by atoms with van der Waals surface area (Å²) in [7, 11) is 0. The van der Waals surface area contributed by atoms with E-state index in [1.54, 1.807) is 18.2 Å². The van der Waals surface area contributed by atoms with Crippen LogP contribution < -0.4 is 4.74 Å². The average Bonchev–Trinajstić information content (AvgIpc) is 2.73. The Kier molecular flexibility index (Phi) is 7.38. The van der Waals surface area contributed by atoms with E-state index in [2.05, 4.69) is 12.7 Å². The minimum absolute atomic E-state index is 0.0274. The van der Waals surface area contributed by atoms with Crippen LogP contribution in [-0.2, 0) is 0 Å². The van der Waals surface area contributed by atoms with Crippen molar-refractivity contribution in [2.24, 2.45) is 5.92 Å². The molecule has 1 fully saturated rings. The van der Waals surface area contributed by atoms with Crippen molar-refractivity contribution in [3.05, 3.63) is 83.2 Å². The SMILES string of the molecule is C=CCOc1ccc(C2CCC(/C=C/c3ccc(C(C)O)c(F)c3)CC2)c(F)c1F. The van der Waals surface area contributed by atoms with Crippen LogP contribution in [0.25, 0.3) is 6.08 Å². The molecule has 0 amide bonds. The molecule has 160 valence electrons. The van der Waals surface area contributed by atoms with Crippen molar-refractivity contribution in [1.82, 2.24) is 0 Å². The van der Waals surface area contributed by atoms with E-state index in [0.717, 1.165) is 31.2 Å². The Hall–Kier alpha value is -2.53. The van der Waals surface area contributed by atoms with Crippen molar-refractivity contribution in [2.75, 3.05) is 6.61 Å². The lowest BCUT2D eigenvalue weighted by atomic mass is 9.78. The van der Waals surface area contributed by atoms with Gasteiger partial charge in [0, 0.05) is 5.56 Å². The van der Waals surface area contributed by atoms with Gasteiger partial charge in [0.15, 0.2) is 11.6 Å². The quantitative estimate of drug-likeness (QED) is 0.508. The van der Waals surface area contributed by atoms with Crippen LogP contribution in [0.3, 0.4) is 0 Å². The van der Waals surface area contributed by atoms with Gasteiger partial charge in [-0.3, -0.25) is 0 Å². The van der Waals surface area contributed by atoms with E-state index in [9.17, 15) is 18.3 Å². The lowest BCUT2D eigenvalue weighted by Gasteiger charge is -2.27. The highest BCUT2D eigenvalue weighted by Crippen LogP contribution is 2.39. The Labute approximate surface area is 175 Å². The summed E-state index contributed by atoms with van der Waals surface area (Å²) in [5.41, 5.74) is 1.42. The van der Waals surface area contributed by atoms with Gasteiger partial charge in [-0.15, -0.1) is 0 Å². The predicted octanol–water partition coefficient (Wildman–Crippen LogP) is 6.71. The van der Waals surface area contributed by atoms with Crippen molar-refractivity contribution in [1.29, 1.82) is 0 Å². The topological polar surface area (TPSA) is 29.5 Å². The number of aliphatic hydroxyl groups excluding tert-OH is 1. The van der Waals surface area contributed by atoms with Crippen LogP contribution in [0, 0.1) is 23.4 Å². The molecule has 2 aromatic carbocycles. The molecule has 0 aliphatic heterocycles. The molecule has 1 saturated carbocycles. The third-order valence-electron chi connectivity index (χ3n) is 5.68. The Balaban J connectivity index is 1.61. The van der Waals surface area contributed by atoms with Gasteiger partial charge < -0.3 is 9.84 Å². The molecule has 2 nitrogen and oxygen atoms in total.